The Labute approximate surface area is 247 Å². The Morgan fingerprint density at radius 3 is 2.45 bits per heavy atom. The van der Waals surface area contributed by atoms with Crippen LogP contribution in [0.3, 0.4) is 0 Å². The summed E-state index contributed by atoms with van der Waals surface area (Å²) >= 11 is 0. The standard InChI is InChI=1S/C35H39N3O4/c1-5-41-34(39)33-28(18-38-22-9-10-23(38)12-11-22)37-27-17-29(30-20(3)15-19(2)16-21(30)4)42-35(40)32(27)31(33)25-7-6-8-26-24(25)13-14-36-26/h6-8,13-16,22-23,29,31,36-37H,5,9-12,17-18H2,1-4H3. The number of H-pyrrole nitrogens is 1. The highest BCUT2D eigenvalue weighted by Gasteiger charge is 2.46. The number of aryl methyl sites for hydroxylation is 3. The SMILES string of the molecule is CCOC(=O)C1=C(CN2C3CCC2CC3)NC2=C(C(=O)OC(c3c(C)cc(C)cc3C)C2)C1c1cccc2[nH]ccc12. The van der Waals surface area contributed by atoms with Crippen LogP contribution in [0.2, 0.25) is 0 Å². The number of hydrogen-bond donors (Lipinski definition) is 2. The summed E-state index contributed by atoms with van der Waals surface area (Å²) in [4.78, 5) is 33.9. The number of fused-ring (bicyclic) bond motifs is 3. The third-order valence-electron chi connectivity index (χ3n) is 9.83. The molecule has 0 radical (unpaired) electrons. The van der Waals surface area contributed by atoms with E-state index in [1.807, 2.05) is 37.4 Å². The molecule has 5 heterocycles. The average molecular weight is 566 g/mol. The molecule has 2 N–H and O–H groups in total. The number of aromatic nitrogens is 1. The number of cyclic esters (lactones) is 1. The number of benzene rings is 2. The van der Waals surface area contributed by atoms with Crippen LogP contribution in [0.1, 0.15) is 78.9 Å². The highest BCUT2D eigenvalue weighted by atomic mass is 16.5. The number of esters is 2. The minimum atomic E-state index is -0.594. The van der Waals surface area contributed by atoms with Gasteiger partial charge in [0.25, 0.3) is 0 Å². The van der Waals surface area contributed by atoms with Gasteiger partial charge in [0.2, 0.25) is 0 Å². The largest absolute Gasteiger partial charge is 0.463 e. The number of carbonyl (C=O) groups excluding carboxylic acids is 2. The fourth-order valence-electron chi connectivity index (χ4n) is 8.20. The van der Waals surface area contributed by atoms with Crippen molar-refractivity contribution in [1.29, 1.82) is 0 Å². The van der Waals surface area contributed by atoms with Crippen LogP contribution in [0.15, 0.2) is 65.1 Å². The van der Waals surface area contributed by atoms with Crippen molar-refractivity contribution >= 4 is 22.8 Å². The van der Waals surface area contributed by atoms with Gasteiger partial charge in [-0.1, -0.05) is 29.8 Å². The molecule has 2 aromatic carbocycles. The average Bonchev–Trinajstić information content (AvgIpc) is 3.68. The summed E-state index contributed by atoms with van der Waals surface area (Å²) in [7, 11) is 0. The second-order valence-corrected chi connectivity index (χ2v) is 12.4. The van der Waals surface area contributed by atoms with E-state index in [2.05, 4.69) is 48.1 Å². The first-order valence-corrected chi connectivity index (χ1v) is 15.3. The quantitative estimate of drug-likeness (QED) is 0.348. The lowest BCUT2D eigenvalue weighted by molar-refractivity contribution is -0.147. The Morgan fingerprint density at radius 2 is 1.76 bits per heavy atom. The summed E-state index contributed by atoms with van der Waals surface area (Å²) < 4.78 is 12.0. The van der Waals surface area contributed by atoms with Gasteiger partial charge in [-0.15, -0.1) is 0 Å². The number of dihydropyridines is 1. The summed E-state index contributed by atoms with van der Waals surface area (Å²) in [5, 5.41) is 4.66. The van der Waals surface area contributed by atoms with Gasteiger partial charge in [-0.25, -0.2) is 9.59 Å². The fraction of sp³-hybridized carbons (Fsp3) is 0.429. The van der Waals surface area contributed by atoms with Crippen LogP contribution in [0.5, 0.6) is 0 Å². The number of carbonyl (C=O) groups is 2. The number of nitrogens with zero attached hydrogens (tertiary/aromatic N) is 1. The normalized spacial score (nSPS) is 25.6. The summed E-state index contributed by atoms with van der Waals surface area (Å²) in [6.45, 7) is 8.99. The van der Waals surface area contributed by atoms with E-state index >= 15 is 0 Å². The molecule has 3 aromatic rings. The van der Waals surface area contributed by atoms with Gasteiger partial charge in [-0.2, -0.15) is 0 Å². The molecule has 4 aliphatic rings. The first kappa shape index (κ1) is 27.0. The summed E-state index contributed by atoms with van der Waals surface area (Å²) in [5.41, 5.74) is 9.10. The maximum absolute atomic E-state index is 14.1. The van der Waals surface area contributed by atoms with E-state index < -0.39 is 12.0 Å². The third kappa shape index (κ3) is 4.37. The molecule has 218 valence electrons. The summed E-state index contributed by atoms with van der Waals surface area (Å²) in [6, 6.07) is 13.4. The molecule has 7 heteroatoms. The lowest BCUT2D eigenvalue weighted by atomic mass is 9.76. The monoisotopic (exact) mass is 565 g/mol. The molecular formula is C35H39N3O4. The first-order valence-electron chi connectivity index (χ1n) is 15.3. The second kappa shape index (κ2) is 10.5. The van der Waals surface area contributed by atoms with Gasteiger partial charge in [0, 0.05) is 53.5 Å². The lowest BCUT2D eigenvalue weighted by Crippen LogP contribution is -2.42. The zero-order valence-corrected chi connectivity index (χ0v) is 24.9. The van der Waals surface area contributed by atoms with Gasteiger partial charge in [-0.3, -0.25) is 4.90 Å². The molecule has 7 nitrogen and oxygen atoms in total. The van der Waals surface area contributed by atoms with Gasteiger partial charge in [0.05, 0.1) is 23.7 Å². The van der Waals surface area contributed by atoms with Crippen LogP contribution in [0.25, 0.3) is 10.9 Å². The van der Waals surface area contributed by atoms with Gasteiger partial charge in [0.15, 0.2) is 0 Å². The number of rotatable bonds is 6. The van der Waals surface area contributed by atoms with E-state index in [0.29, 0.717) is 36.2 Å². The number of aromatic amines is 1. The molecule has 0 amide bonds. The van der Waals surface area contributed by atoms with Crippen molar-refractivity contribution in [2.24, 2.45) is 0 Å². The van der Waals surface area contributed by atoms with Gasteiger partial charge in [0.1, 0.15) is 6.10 Å². The highest BCUT2D eigenvalue weighted by Crippen LogP contribution is 2.48. The van der Waals surface area contributed by atoms with Crippen molar-refractivity contribution in [2.75, 3.05) is 13.2 Å². The minimum Gasteiger partial charge on any atom is -0.463 e. The number of ether oxygens (including phenoxy) is 2. The van der Waals surface area contributed by atoms with Gasteiger partial charge >= 0.3 is 11.9 Å². The van der Waals surface area contributed by atoms with E-state index in [9.17, 15) is 9.59 Å². The van der Waals surface area contributed by atoms with Crippen LogP contribution in [-0.2, 0) is 19.1 Å². The molecule has 7 rings (SSSR count). The number of hydrogen-bond acceptors (Lipinski definition) is 6. The van der Waals surface area contributed by atoms with Gasteiger partial charge in [-0.05, 0) is 87.8 Å². The zero-order chi connectivity index (χ0) is 29.1. The highest BCUT2D eigenvalue weighted by molar-refractivity contribution is 6.02. The third-order valence-corrected chi connectivity index (χ3v) is 9.83. The predicted molar refractivity (Wildman–Crippen MR) is 162 cm³/mol. The molecule has 2 unspecified atom stereocenters. The maximum Gasteiger partial charge on any atom is 0.337 e. The van der Waals surface area contributed by atoms with Crippen molar-refractivity contribution in [2.45, 2.75) is 83.9 Å². The van der Waals surface area contributed by atoms with Crippen molar-refractivity contribution in [1.82, 2.24) is 15.2 Å². The van der Waals surface area contributed by atoms with Crippen molar-refractivity contribution in [3.05, 3.63) is 93.0 Å². The van der Waals surface area contributed by atoms with Crippen LogP contribution >= 0.6 is 0 Å². The predicted octanol–water partition coefficient (Wildman–Crippen LogP) is 6.17. The molecule has 0 aliphatic carbocycles. The molecule has 2 bridgehead atoms. The molecule has 2 atom stereocenters. The Hall–Kier alpha value is -3.84. The van der Waals surface area contributed by atoms with Crippen LogP contribution in [0, 0.1) is 20.8 Å². The van der Waals surface area contributed by atoms with E-state index in [1.54, 1.807) is 0 Å². The van der Waals surface area contributed by atoms with Crippen LogP contribution in [-0.4, -0.2) is 47.1 Å². The van der Waals surface area contributed by atoms with E-state index in [4.69, 9.17) is 9.47 Å². The minimum absolute atomic E-state index is 0.260. The Morgan fingerprint density at radius 1 is 1.05 bits per heavy atom. The molecule has 42 heavy (non-hydrogen) atoms. The Balaban J connectivity index is 1.39. The molecule has 0 spiro atoms. The second-order valence-electron chi connectivity index (χ2n) is 12.4. The molecule has 2 fully saturated rings. The topological polar surface area (TPSA) is 83.7 Å². The van der Waals surface area contributed by atoms with Crippen LogP contribution in [0.4, 0.5) is 0 Å². The molecule has 4 aliphatic heterocycles. The van der Waals surface area contributed by atoms with Crippen molar-refractivity contribution < 1.29 is 19.1 Å². The van der Waals surface area contributed by atoms with Gasteiger partial charge < -0.3 is 19.8 Å². The van der Waals surface area contributed by atoms with E-state index in [1.165, 1.54) is 31.2 Å². The molecule has 1 aromatic heterocycles. The van der Waals surface area contributed by atoms with Crippen molar-refractivity contribution in [3.8, 4) is 0 Å². The Kier molecular flexibility index (Phi) is 6.73. The van der Waals surface area contributed by atoms with Crippen molar-refractivity contribution in [3.63, 3.8) is 0 Å². The van der Waals surface area contributed by atoms with Crippen LogP contribution < -0.4 is 5.32 Å². The summed E-state index contributed by atoms with van der Waals surface area (Å²) in [6.07, 6.45) is 6.83. The molecule has 2 saturated heterocycles. The number of nitrogens with one attached hydrogen (secondary N) is 2. The zero-order valence-electron chi connectivity index (χ0n) is 24.9. The fourth-order valence-corrected chi connectivity index (χ4v) is 8.20. The first-order chi connectivity index (χ1) is 20.3. The summed E-state index contributed by atoms with van der Waals surface area (Å²) in [5.74, 6) is -1.35. The van der Waals surface area contributed by atoms with E-state index in [0.717, 1.165) is 44.6 Å². The lowest BCUT2D eigenvalue weighted by Gasteiger charge is -2.39. The smallest absolute Gasteiger partial charge is 0.337 e. The van der Waals surface area contributed by atoms with E-state index in [-0.39, 0.29) is 18.5 Å². The molecular weight excluding hydrogens is 526 g/mol. The molecule has 0 saturated carbocycles. The maximum atomic E-state index is 14.1. The Bertz CT molecular complexity index is 1620.